The lowest BCUT2D eigenvalue weighted by atomic mass is 10.0. The molecule has 2 unspecified atom stereocenters. The van der Waals surface area contributed by atoms with Gasteiger partial charge in [0.1, 0.15) is 5.75 Å². The molecule has 1 fully saturated rings. The van der Waals surface area contributed by atoms with E-state index in [-0.39, 0.29) is 31.0 Å². The van der Waals surface area contributed by atoms with Crippen LogP contribution in [0.3, 0.4) is 0 Å². The third-order valence-electron chi connectivity index (χ3n) is 4.26. The van der Waals surface area contributed by atoms with Crippen LogP contribution in [0.25, 0.3) is 0 Å². The molecule has 1 aromatic heterocycles. The third kappa shape index (κ3) is 5.44. The number of hydrogen-bond acceptors (Lipinski definition) is 6. The molecule has 2 aromatic rings. The van der Waals surface area contributed by atoms with Gasteiger partial charge in [-0.1, -0.05) is 12.1 Å². The average molecular weight is 381 g/mol. The van der Waals surface area contributed by atoms with Crippen molar-refractivity contribution < 1.29 is 14.1 Å². The predicted octanol–water partition coefficient (Wildman–Crippen LogP) is 2.50. The van der Waals surface area contributed by atoms with Crippen LogP contribution in [0.15, 0.2) is 28.8 Å². The number of nitrogens with zero attached hydrogens (tertiary/aromatic N) is 2. The molecule has 1 saturated heterocycles. The summed E-state index contributed by atoms with van der Waals surface area (Å²) in [6, 6.07) is 7.76. The highest BCUT2D eigenvalue weighted by atomic mass is 35.5. The molecule has 0 radical (unpaired) electrons. The number of piperidine rings is 1. The van der Waals surface area contributed by atoms with E-state index in [1.165, 1.54) is 0 Å². The number of carbonyl (C=O) groups excluding carboxylic acids is 1. The number of nitrogens with one attached hydrogen (secondary N) is 2. The Hall–Kier alpha value is -2.12. The summed E-state index contributed by atoms with van der Waals surface area (Å²) in [5.41, 5.74) is 0.631. The zero-order valence-electron chi connectivity index (χ0n) is 15.0. The quantitative estimate of drug-likeness (QED) is 0.800. The molecule has 7 nitrogen and oxygen atoms in total. The monoisotopic (exact) mass is 380 g/mol. The Bertz CT molecular complexity index is 705. The summed E-state index contributed by atoms with van der Waals surface area (Å²) < 4.78 is 10.7. The summed E-state index contributed by atoms with van der Waals surface area (Å²) in [5, 5.41) is 10.3. The van der Waals surface area contributed by atoms with Gasteiger partial charge >= 0.3 is 0 Å². The number of ether oxygens (including phenoxy) is 1. The van der Waals surface area contributed by atoms with Gasteiger partial charge in [-0.05, 0) is 50.6 Å². The molecule has 2 heterocycles. The summed E-state index contributed by atoms with van der Waals surface area (Å²) in [5.74, 6) is 1.72. The molecular formula is C18H25ClN4O3. The summed E-state index contributed by atoms with van der Waals surface area (Å²) in [6.45, 7) is 5.26. The Labute approximate surface area is 159 Å². The summed E-state index contributed by atoms with van der Waals surface area (Å²) in [7, 11) is 0. The topological polar surface area (TPSA) is 89.3 Å². The van der Waals surface area contributed by atoms with Crippen molar-refractivity contribution >= 4 is 18.3 Å². The minimum Gasteiger partial charge on any atom is -0.485 e. The molecule has 0 saturated carbocycles. The highest BCUT2D eigenvalue weighted by Gasteiger charge is 2.20. The second kappa shape index (κ2) is 9.54. The van der Waals surface area contributed by atoms with Gasteiger partial charge in [-0.2, -0.15) is 4.98 Å². The fourth-order valence-electron chi connectivity index (χ4n) is 2.87. The van der Waals surface area contributed by atoms with Crippen molar-refractivity contribution in [2.45, 2.75) is 51.8 Å². The lowest BCUT2D eigenvalue weighted by Gasteiger charge is -2.28. The van der Waals surface area contributed by atoms with Crippen molar-refractivity contribution in [2.75, 3.05) is 6.54 Å². The maximum absolute atomic E-state index is 12.3. The zero-order valence-corrected chi connectivity index (χ0v) is 15.8. The summed E-state index contributed by atoms with van der Waals surface area (Å²) >= 11 is 0. The molecule has 1 aromatic carbocycles. The van der Waals surface area contributed by atoms with Crippen molar-refractivity contribution in [1.82, 2.24) is 20.8 Å². The largest absolute Gasteiger partial charge is 0.485 e. The molecule has 2 N–H and O–H groups in total. The van der Waals surface area contributed by atoms with E-state index >= 15 is 0 Å². The predicted molar refractivity (Wildman–Crippen MR) is 99.7 cm³/mol. The minimum absolute atomic E-state index is 0. The first-order valence-electron chi connectivity index (χ1n) is 8.72. The number of aryl methyl sites for hydroxylation is 1. The first kappa shape index (κ1) is 20.2. The Morgan fingerprint density at radius 3 is 2.81 bits per heavy atom. The number of rotatable bonds is 6. The maximum atomic E-state index is 12.3. The van der Waals surface area contributed by atoms with E-state index in [1.54, 1.807) is 24.3 Å². The van der Waals surface area contributed by atoms with Gasteiger partial charge in [0.2, 0.25) is 11.7 Å². The van der Waals surface area contributed by atoms with Crippen molar-refractivity contribution in [2.24, 2.45) is 0 Å². The smallest absolute Gasteiger partial charge is 0.251 e. The fraction of sp³-hybridized carbons (Fsp3) is 0.500. The van der Waals surface area contributed by atoms with Crippen LogP contribution in [0.4, 0.5) is 0 Å². The van der Waals surface area contributed by atoms with E-state index in [0.29, 0.717) is 35.5 Å². The van der Waals surface area contributed by atoms with Crippen molar-refractivity contribution in [3.05, 3.63) is 41.5 Å². The molecule has 3 rings (SSSR count). The molecule has 8 heteroatoms. The molecule has 26 heavy (non-hydrogen) atoms. The van der Waals surface area contributed by atoms with Gasteiger partial charge in [-0.15, -0.1) is 12.4 Å². The van der Waals surface area contributed by atoms with E-state index < -0.39 is 0 Å². The van der Waals surface area contributed by atoms with Gasteiger partial charge in [0, 0.05) is 24.1 Å². The third-order valence-corrected chi connectivity index (χ3v) is 4.26. The Morgan fingerprint density at radius 1 is 1.38 bits per heavy atom. The van der Waals surface area contributed by atoms with Crippen LogP contribution in [0, 0.1) is 0 Å². The first-order valence-corrected chi connectivity index (χ1v) is 8.72. The molecule has 0 bridgehead atoms. The van der Waals surface area contributed by atoms with Crippen molar-refractivity contribution in [1.29, 1.82) is 0 Å². The van der Waals surface area contributed by atoms with Crippen LogP contribution < -0.4 is 15.4 Å². The van der Waals surface area contributed by atoms with Gasteiger partial charge in [-0.3, -0.25) is 4.79 Å². The van der Waals surface area contributed by atoms with Crippen LogP contribution in [0.1, 0.15) is 48.8 Å². The van der Waals surface area contributed by atoms with Crippen molar-refractivity contribution in [3.63, 3.8) is 0 Å². The molecular weight excluding hydrogens is 356 g/mol. The van der Waals surface area contributed by atoms with Gasteiger partial charge < -0.3 is 19.9 Å². The molecule has 0 aliphatic carbocycles. The molecule has 2 atom stereocenters. The number of halogens is 1. The standard InChI is InChI=1S/C18H24N4O3.ClH/c1-3-17-21-16(22-25-17)11-24-15-6-4-13(5-7-15)18(23)20-14-8-9-19-12(2)10-14;/h4-7,12,14,19H,3,8-11H2,1-2H3,(H,20,23);1H. The lowest BCUT2D eigenvalue weighted by molar-refractivity contribution is 0.0925. The molecule has 0 spiro atoms. The van der Waals surface area contributed by atoms with E-state index in [9.17, 15) is 4.79 Å². The average Bonchev–Trinajstić information content (AvgIpc) is 3.08. The number of aromatic nitrogens is 2. The highest BCUT2D eigenvalue weighted by molar-refractivity contribution is 5.94. The zero-order chi connectivity index (χ0) is 17.6. The van der Waals surface area contributed by atoms with E-state index in [1.807, 2.05) is 6.92 Å². The van der Waals surface area contributed by atoms with Gasteiger partial charge in [-0.25, -0.2) is 0 Å². The van der Waals surface area contributed by atoms with E-state index in [4.69, 9.17) is 9.26 Å². The second-order valence-electron chi connectivity index (χ2n) is 6.32. The number of hydrogen-bond donors (Lipinski definition) is 2. The first-order chi connectivity index (χ1) is 12.1. The van der Waals surface area contributed by atoms with Crippen LogP contribution in [0.2, 0.25) is 0 Å². The van der Waals surface area contributed by atoms with Crippen LogP contribution in [-0.2, 0) is 13.0 Å². The molecule has 142 valence electrons. The van der Waals surface area contributed by atoms with Crippen molar-refractivity contribution in [3.8, 4) is 5.75 Å². The fourth-order valence-corrected chi connectivity index (χ4v) is 2.87. The maximum Gasteiger partial charge on any atom is 0.251 e. The SMILES string of the molecule is CCc1nc(COc2ccc(C(=O)NC3CCNC(C)C3)cc2)no1.Cl. The van der Waals surface area contributed by atoms with Gasteiger partial charge in [0.05, 0.1) is 0 Å². The molecule has 1 aliphatic rings. The van der Waals surface area contributed by atoms with Crippen LogP contribution in [0.5, 0.6) is 5.75 Å². The van der Waals surface area contributed by atoms with Crippen LogP contribution in [-0.4, -0.2) is 34.7 Å². The molecule has 1 amide bonds. The number of amides is 1. The number of benzene rings is 1. The lowest BCUT2D eigenvalue weighted by Crippen LogP contribution is -2.46. The highest BCUT2D eigenvalue weighted by Crippen LogP contribution is 2.15. The molecule has 1 aliphatic heterocycles. The van der Waals surface area contributed by atoms with Gasteiger partial charge in [0.15, 0.2) is 6.61 Å². The van der Waals surface area contributed by atoms with E-state index in [2.05, 4.69) is 27.7 Å². The van der Waals surface area contributed by atoms with E-state index in [0.717, 1.165) is 19.4 Å². The second-order valence-corrected chi connectivity index (χ2v) is 6.32. The summed E-state index contributed by atoms with van der Waals surface area (Å²) in [4.78, 5) is 16.5. The Balaban J connectivity index is 0.00000243. The number of carbonyl (C=O) groups is 1. The Morgan fingerprint density at radius 2 is 2.15 bits per heavy atom. The Kier molecular flexibility index (Phi) is 7.41. The normalized spacial score (nSPS) is 19.5. The van der Waals surface area contributed by atoms with Gasteiger partial charge in [0.25, 0.3) is 5.91 Å². The van der Waals surface area contributed by atoms with Crippen LogP contribution >= 0.6 is 12.4 Å². The summed E-state index contributed by atoms with van der Waals surface area (Å²) in [6.07, 6.45) is 2.62. The minimum atomic E-state index is -0.0450.